The van der Waals surface area contributed by atoms with Crippen LogP contribution in [0.1, 0.15) is 61.8 Å². The Labute approximate surface area is 153 Å². The maximum Gasteiger partial charge on any atom is 0.369 e. The quantitative estimate of drug-likeness (QED) is 0.290. The molecule has 0 aliphatic rings. The highest BCUT2D eigenvalue weighted by molar-refractivity contribution is 5.96. The molecule has 0 radical (unpaired) electrons. The molecule has 0 rings (SSSR count). The lowest BCUT2D eigenvalue weighted by molar-refractivity contribution is -0.245. The minimum absolute atomic E-state index is 0.0533. The summed E-state index contributed by atoms with van der Waals surface area (Å²) in [6.07, 6.45) is 1.43. The van der Waals surface area contributed by atoms with E-state index < -0.39 is 28.7 Å². The molecule has 0 fully saturated rings. The Balaban J connectivity index is 0. The number of rotatable bonds is 4. The molecule has 0 bridgehead atoms. The van der Waals surface area contributed by atoms with Crippen molar-refractivity contribution in [3.05, 3.63) is 11.6 Å². The van der Waals surface area contributed by atoms with Crippen molar-refractivity contribution < 1.29 is 44.8 Å². The van der Waals surface area contributed by atoms with Crippen molar-refractivity contribution in [1.82, 2.24) is 0 Å². The lowest BCUT2D eigenvalue weighted by Gasteiger charge is -2.28. The Morgan fingerprint density at radius 2 is 1.27 bits per heavy atom. The zero-order valence-electron chi connectivity index (χ0n) is 16.6. The maximum atomic E-state index is 11.0. The third kappa shape index (κ3) is 10.8. The summed E-state index contributed by atoms with van der Waals surface area (Å²) in [5.74, 6) is -2.75. The topological polar surface area (TPSA) is 140 Å². The SMILES string of the molecule is CC(C)(C)/C(=C/C(=O)OO)C(=O)OO.CC(C)(C)CC(C)(C)C(=O)OO. The lowest BCUT2D eigenvalue weighted by Crippen LogP contribution is -2.30. The number of carbonyl (C=O) groups excluding carboxylic acids is 3. The molecule has 0 saturated heterocycles. The van der Waals surface area contributed by atoms with Gasteiger partial charge in [0.1, 0.15) is 0 Å². The van der Waals surface area contributed by atoms with Gasteiger partial charge in [-0.05, 0) is 31.1 Å². The molecule has 0 atom stereocenters. The molecule has 0 spiro atoms. The first kappa shape index (κ1) is 26.3. The van der Waals surface area contributed by atoms with E-state index in [0.717, 1.165) is 6.08 Å². The van der Waals surface area contributed by atoms with Gasteiger partial charge in [-0.1, -0.05) is 41.5 Å². The van der Waals surface area contributed by atoms with E-state index in [1.165, 1.54) is 0 Å². The third-order valence-corrected chi connectivity index (χ3v) is 3.07. The Morgan fingerprint density at radius 3 is 1.54 bits per heavy atom. The first-order valence-corrected chi connectivity index (χ1v) is 7.81. The average molecular weight is 378 g/mol. The Bertz CT molecular complexity index is 519. The van der Waals surface area contributed by atoms with Crippen molar-refractivity contribution in [1.29, 1.82) is 0 Å². The molecule has 0 saturated carbocycles. The number of hydrogen-bond acceptors (Lipinski definition) is 9. The zero-order chi connectivity index (χ0) is 21.3. The monoisotopic (exact) mass is 378 g/mol. The van der Waals surface area contributed by atoms with E-state index in [1.807, 2.05) is 20.8 Å². The fraction of sp³-hybridized carbons (Fsp3) is 0.706. The maximum absolute atomic E-state index is 11.0. The van der Waals surface area contributed by atoms with Gasteiger partial charge in [-0.25, -0.2) is 14.4 Å². The van der Waals surface area contributed by atoms with Crippen LogP contribution in [0.5, 0.6) is 0 Å². The second-order valence-electron chi connectivity index (χ2n) is 8.60. The Hall–Kier alpha value is -1.97. The van der Waals surface area contributed by atoms with Crippen molar-refractivity contribution in [3.63, 3.8) is 0 Å². The minimum Gasteiger partial charge on any atom is -0.300 e. The molecule has 9 nitrogen and oxygen atoms in total. The summed E-state index contributed by atoms with van der Waals surface area (Å²) in [5.41, 5.74) is -1.39. The van der Waals surface area contributed by atoms with Crippen molar-refractivity contribution in [3.8, 4) is 0 Å². The second kappa shape index (κ2) is 10.2. The van der Waals surface area contributed by atoms with Crippen LogP contribution in [-0.2, 0) is 29.0 Å². The van der Waals surface area contributed by atoms with Crippen LogP contribution in [0.15, 0.2) is 11.6 Å². The molecular formula is C17H30O9. The highest BCUT2D eigenvalue weighted by Gasteiger charge is 2.34. The van der Waals surface area contributed by atoms with Crippen LogP contribution in [0.3, 0.4) is 0 Å². The molecular weight excluding hydrogens is 348 g/mol. The highest BCUT2D eigenvalue weighted by Crippen LogP contribution is 2.33. The molecule has 3 N–H and O–H groups in total. The lowest BCUT2D eigenvalue weighted by atomic mass is 9.76. The van der Waals surface area contributed by atoms with E-state index in [1.54, 1.807) is 34.6 Å². The molecule has 26 heavy (non-hydrogen) atoms. The molecule has 0 aromatic rings. The fourth-order valence-corrected chi connectivity index (χ4v) is 2.30. The molecule has 0 heterocycles. The van der Waals surface area contributed by atoms with Gasteiger partial charge in [-0.15, -0.1) is 0 Å². The summed E-state index contributed by atoms with van der Waals surface area (Å²) < 4.78 is 0. The van der Waals surface area contributed by atoms with Crippen molar-refractivity contribution in [2.45, 2.75) is 61.8 Å². The van der Waals surface area contributed by atoms with Crippen LogP contribution in [0.4, 0.5) is 0 Å². The average Bonchev–Trinajstić information content (AvgIpc) is 2.47. The van der Waals surface area contributed by atoms with Gasteiger partial charge in [-0.3, -0.25) is 9.78 Å². The van der Waals surface area contributed by atoms with Gasteiger partial charge in [0.15, 0.2) is 0 Å². The normalized spacial score (nSPS) is 12.5. The van der Waals surface area contributed by atoms with Gasteiger partial charge in [0.05, 0.1) is 11.0 Å². The van der Waals surface area contributed by atoms with E-state index in [2.05, 4.69) is 14.7 Å². The largest absolute Gasteiger partial charge is 0.369 e. The molecule has 0 aliphatic heterocycles. The summed E-state index contributed by atoms with van der Waals surface area (Å²) >= 11 is 0. The molecule has 0 unspecified atom stereocenters. The first-order chi connectivity index (χ1) is 11.5. The van der Waals surface area contributed by atoms with Crippen molar-refractivity contribution >= 4 is 17.9 Å². The van der Waals surface area contributed by atoms with E-state index in [9.17, 15) is 14.4 Å². The molecule has 0 amide bonds. The van der Waals surface area contributed by atoms with E-state index >= 15 is 0 Å². The summed E-state index contributed by atoms with van der Waals surface area (Å²) in [6.45, 7) is 14.5. The van der Waals surface area contributed by atoms with Gasteiger partial charge >= 0.3 is 17.9 Å². The van der Waals surface area contributed by atoms with Crippen LogP contribution in [0.25, 0.3) is 0 Å². The Kier molecular flexibility index (Phi) is 10.3. The second-order valence-corrected chi connectivity index (χ2v) is 8.60. The molecule has 0 aromatic carbocycles. The predicted octanol–water partition coefficient (Wildman–Crippen LogP) is 3.46. The summed E-state index contributed by atoms with van der Waals surface area (Å²) in [5, 5.41) is 24.4. The van der Waals surface area contributed by atoms with E-state index in [0.29, 0.717) is 6.42 Å². The van der Waals surface area contributed by atoms with Crippen LogP contribution < -0.4 is 0 Å². The third-order valence-electron chi connectivity index (χ3n) is 3.07. The zero-order valence-corrected chi connectivity index (χ0v) is 16.6. The van der Waals surface area contributed by atoms with Gasteiger partial charge in [0.25, 0.3) is 0 Å². The van der Waals surface area contributed by atoms with Crippen LogP contribution in [0.2, 0.25) is 0 Å². The Morgan fingerprint density at radius 1 is 0.808 bits per heavy atom. The van der Waals surface area contributed by atoms with Crippen LogP contribution in [-0.4, -0.2) is 33.7 Å². The van der Waals surface area contributed by atoms with E-state index in [4.69, 9.17) is 15.8 Å². The fourth-order valence-electron chi connectivity index (χ4n) is 2.30. The minimum atomic E-state index is -1.11. The van der Waals surface area contributed by atoms with Gasteiger partial charge in [-0.2, -0.15) is 15.8 Å². The summed E-state index contributed by atoms with van der Waals surface area (Å²) in [4.78, 5) is 43.2. The van der Waals surface area contributed by atoms with Crippen LogP contribution >= 0.6 is 0 Å². The predicted molar refractivity (Wildman–Crippen MR) is 91.6 cm³/mol. The summed E-state index contributed by atoms with van der Waals surface area (Å²) in [6, 6.07) is 0. The molecule has 0 aromatic heterocycles. The highest BCUT2D eigenvalue weighted by atomic mass is 17.1. The number of hydrogen-bond donors (Lipinski definition) is 3. The van der Waals surface area contributed by atoms with Crippen molar-refractivity contribution in [2.75, 3.05) is 0 Å². The van der Waals surface area contributed by atoms with Crippen molar-refractivity contribution in [2.24, 2.45) is 16.2 Å². The molecule has 0 aliphatic carbocycles. The summed E-state index contributed by atoms with van der Waals surface area (Å²) in [7, 11) is 0. The number of carbonyl (C=O) groups is 3. The van der Waals surface area contributed by atoms with E-state index in [-0.39, 0.29) is 11.0 Å². The van der Waals surface area contributed by atoms with Gasteiger partial charge in [0.2, 0.25) is 0 Å². The smallest absolute Gasteiger partial charge is 0.300 e. The van der Waals surface area contributed by atoms with Gasteiger partial charge < -0.3 is 4.89 Å². The molecule has 9 heteroatoms. The van der Waals surface area contributed by atoms with Gasteiger partial charge in [0, 0.05) is 6.08 Å². The van der Waals surface area contributed by atoms with Crippen LogP contribution in [0, 0.1) is 16.2 Å². The molecule has 152 valence electrons. The standard InChI is InChI=1S/C9H18O3.C8H12O6/c1-8(2,3)6-9(4,5)7(10)12-11;1-8(2,3)5(7(10)14-12)4-6(9)13-11/h11H,6H2,1-5H3;4,11-12H,1-3H3/b;5-4+. The first-order valence-electron chi connectivity index (χ1n) is 7.81.